The minimum atomic E-state index is -1.92. The van der Waals surface area contributed by atoms with E-state index in [1.807, 2.05) is 13.8 Å². The molecular formula is C16H30ClN3O9. The topological polar surface area (TPSA) is 173 Å². The van der Waals surface area contributed by atoms with E-state index in [2.05, 4.69) is 5.29 Å². The molecule has 0 saturated carbocycles. The van der Waals surface area contributed by atoms with Crippen LogP contribution in [-0.2, 0) is 9.47 Å². The molecule has 1 heterocycles. The molecule has 0 aliphatic carbocycles. The second-order valence-electron chi connectivity index (χ2n) is 7.26. The highest BCUT2D eigenvalue weighted by Crippen LogP contribution is 2.26. The van der Waals surface area contributed by atoms with E-state index in [-0.39, 0.29) is 24.9 Å². The number of carbonyl (C=O) groups is 1. The fourth-order valence-corrected chi connectivity index (χ4v) is 2.87. The number of hydrogen-bond donors (Lipinski definition) is 5. The molecule has 1 fully saturated rings. The van der Waals surface area contributed by atoms with Crippen molar-refractivity contribution in [1.82, 2.24) is 9.91 Å². The number of aliphatic hydroxyl groups is 5. The number of alkyl halides is 1. The van der Waals surface area contributed by atoms with Gasteiger partial charge >= 0.3 is 6.03 Å². The number of ether oxygens (including phenoxy) is 2. The van der Waals surface area contributed by atoms with Crippen LogP contribution in [0.2, 0.25) is 0 Å². The molecule has 5 N–H and O–H groups in total. The van der Waals surface area contributed by atoms with Gasteiger partial charge in [-0.25, -0.2) is 4.79 Å². The maximum atomic E-state index is 12.6. The normalized spacial score (nSPS) is 29.4. The zero-order valence-corrected chi connectivity index (χ0v) is 17.3. The van der Waals surface area contributed by atoms with Crippen molar-refractivity contribution in [1.29, 1.82) is 0 Å². The monoisotopic (exact) mass is 443 g/mol. The van der Waals surface area contributed by atoms with Crippen LogP contribution < -0.4 is 0 Å². The first kappa shape index (κ1) is 25.9. The molecule has 0 spiro atoms. The van der Waals surface area contributed by atoms with Crippen LogP contribution in [0.3, 0.4) is 0 Å². The summed E-state index contributed by atoms with van der Waals surface area (Å²) < 4.78 is 10.8. The zero-order valence-electron chi connectivity index (χ0n) is 16.5. The van der Waals surface area contributed by atoms with Gasteiger partial charge in [-0.1, -0.05) is 13.8 Å². The number of nitrogens with zero attached hydrogens (tertiary/aromatic N) is 3. The highest BCUT2D eigenvalue weighted by Gasteiger charge is 2.49. The summed E-state index contributed by atoms with van der Waals surface area (Å²) in [5, 5.41) is 53.8. The number of amides is 2. The number of hydrogen-bond acceptors (Lipinski definition) is 10. The molecule has 0 aromatic heterocycles. The van der Waals surface area contributed by atoms with Crippen LogP contribution in [0.5, 0.6) is 0 Å². The molecule has 13 heteroatoms. The SMILES string of the molecule is CC(C)CO[C@H]1O[C@H](C(O)N(CC(C)O)C(=O)N(CCCl)N=O)[C@@H](O)[C@H](O)[C@H]1O. The van der Waals surface area contributed by atoms with Crippen molar-refractivity contribution in [2.75, 3.05) is 25.6 Å². The van der Waals surface area contributed by atoms with E-state index in [0.29, 0.717) is 9.91 Å². The van der Waals surface area contributed by atoms with Crippen molar-refractivity contribution in [3.8, 4) is 0 Å². The van der Waals surface area contributed by atoms with Gasteiger partial charge in [-0.15, -0.1) is 16.5 Å². The first-order valence-electron chi connectivity index (χ1n) is 9.19. The number of rotatable bonds is 10. The van der Waals surface area contributed by atoms with Crippen molar-refractivity contribution in [3.05, 3.63) is 4.91 Å². The van der Waals surface area contributed by atoms with E-state index in [1.165, 1.54) is 6.92 Å². The number of urea groups is 1. The molecule has 7 atom stereocenters. The highest BCUT2D eigenvalue weighted by atomic mass is 35.5. The Kier molecular flexibility index (Phi) is 10.6. The molecule has 12 nitrogen and oxygen atoms in total. The third-order valence-electron chi connectivity index (χ3n) is 4.14. The van der Waals surface area contributed by atoms with Crippen LogP contribution in [0.15, 0.2) is 5.29 Å². The van der Waals surface area contributed by atoms with Crippen LogP contribution in [-0.4, -0.2) is 110 Å². The van der Waals surface area contributed by atoms with Gasteiger partial charge in [-0.05, 0) is 12.8 Å². The molecule has 0 radical (unpaired) electrons. The van der Waals surface area contributed by atoms with Crippen LogP contribution in [0.4, 0.5) is 4.79 Å². The summed E-state index contributed by atoms with van der Waals surface area (Å²) in [7, 11) is 0. The van der Waals surface area contributed by atoms with E-state index in [1.54, 1.807) is 0 Å². The van der Waals surface area contributed by atoms with Gasteiger partial charge in [0.1, 0.15) is 24.4 Å². The number of nitroso groups, excluding NO2 is 1. The van der Waals surface area contributed by atoms with E-state index < -0.39 is 55.6 Å². The lowest BCUT2D eigenvalue weighted by atomic mass is 9.97. The molecule has 170 valence electrons. The van der Waals surface area contributed by atoms with Crippen LogP contribution in [0.25, 0.3) is 0 Å². The average molecular weight is 444 g/mol. The second-order valence-corrected chi connectivity index (χ2v) is 7.64. The Morgan fingerprint density at radius 3 is 2.28 bits per heavy atom. The van der Waals surface area contributed by atoms with Gasteiger partial charge in [0.15, 0.2) is 12.5 Å². The average Bonchev–Trinajstić information content (AvgIpc) is 2.66. The van der Waals surface area contributed by atoms with Gasteiger partial charge in [0.2, 0.25) is 0 Å². The van der Waals surface area contributed by atoms with E-state index in [9.17, 15) is 35.2 Å². The second kappa shape index (κ2) is 11.9. The molecule has 1 aliphatic rings. The molecule has 1 saturated heterocycles. The quantitative estimate of drug-likeness (QED) is 0.120. The van der Waals surface area contributed by atoms with E-state index in [4.69, 9.17) is 21.1 Å². The van der Waals surface area contributed by atoms with Crippen molar-refractivity contribution in [3.63, 3.8) is 0 Å². The summed E-state index contributed by atoms with van der Waals surface area (Å²) in [5.41, 5.74) is 0. The van der Waals surface area contributed by atoms with Gasteiger partial charge in [0.05, 0.1) is 31.1 Å². The molecule has 0 bridgehead atoms. The zero-order chi connectivity index (χ0) is 22.3. The number of carbonyl (C=O) groups excluding carboxylic acids is 1. The lowest BCUT2D eigenvalue weighted by molar-refractivity contribution is -0.320. The minimum Gasteiger partial charge on any atom is -0.392 e. The van der Waals surface area contributed by atoms with Gasteiger partial charge < -0.3 is 35.0 Å². The van der Waals surface area contributed by atoms with Crippen LogP contribution in [0.1, 0.15) is 20.8 Å². The Balaban J connectivity index is 3.09. The Morgan fingerprint density at radius 2 is 1.79 bits per heavy atom. The van der Waals surface area contributed by atoms with Crippen LogP contribution in [0, 0.1) is 10.8 Å². The van der Waals surface area contributed by atoms with Gasteiger partial charge in [0, 0.05) is 5.88 Å². The summed E-state index contributed by atoms with van der Waals surface area (Å²) >= 11 is 5.53. The van der Waals surface area contributed by atoms with Crippen molar-refractivity contribution < 1.29 is 39.8 Å². The lowest BCUT2D eigenvalue weighted by Gasteiger charge is -2.44. The summed E-state index contributed by atoms with van der Waals surface area (Å²) in [6, 6.07) is -1.09. The Bertz CT molecular complexity index is 528. The lowest BCUT2D eigenvalue weighted by Crippen LogP contribution is -2.65. The molecule has 1 aliphatic heterocycles. The Hall–Kier alpha value is -1.12. The first-order chi connectivity index (χ1) is 13.5. The van der Waals surface area contributed by atoms with Gasteiger partial charge in [0.25, 0.3) is 0 Å². The molecule has 2 amide bonds. The molecule has 29 heavy (non-hydrogen) atoms. The molecular weight excluding hydrogens is 414 g/mol. The Morgan fingerprint density at radius 1 is 1.17 bits per heavy atom. The predicted octanol–water partition coefficient (Wildman–Crippen LogP) is -1.19. The maximum absolute atomic E-state index is 12.6. The Labute approximate surface area is 173 Å². The fourth-order valence-electron chi connectivity index (χ4n) is 2.71. The number of aliphatic hydroxyl groups excluding tert-OH is 5. The van der Waals surface area contributed by atoms with Gasteiger partial charge in [-0.2, -0.15) is 5.01 Å². The van der Waals surface area contributed by atoms with E-state index in [0.717, 1.165) is 0 Å². The molecule has 0 aromatic rings. The van der Waals surface area contributed by atoms with Gasteiger partial charge in [-0.3, -0.25) is 4.90 Å². The molecule has 0 aromatic carbocycles. The smallest absolute Gasteiger partial charge is 0.345 e. The predicted molar refractivity (Wildman–Crippen MR) is 100 cm³/mol. The van der Waals surface area contributed by atoms with Crippen LogP contribution >= 0.6 is 11.6 Å². The number of halogens is 1. The maximum Gasteiger partial charge on any atom is 0.345 e. The standard InChI is InChI=1S/C16H30ClN3O9/c1-8(2)7-28-15-12(24)10(22)11(23)13(29-15)14(25)19(6-9(3)21)16(26)20(18-27)5-4-17/h8-15,21-25H,4-7H2,1-3H3/t9?,10-,11-,12+,13-,14?,15-/m0/s1. The summed E-state index contributed by atoms with van der Waals surface area (Å²) in [5.74, 6) is -0.0523. The van der Waals surface area contributed by atoms with Crippen molar-refractivity contribution in [2.24, 2.45) is 11.2 Å². The third-order valence-corrected chi connectivity index (χ3v) is 4.30. The molecule has 2 unspecified atom stereocenters. The fraction of sp³-hybridized carbons (Fsp3) is 0.938. The summed E-state index contributed by atoms with van der Waals surface area (Å²) in [4.78, 5) is 24.2. The minimum absolute atomic E-state index is 0.0641. The highest BCUT2D eigenvalue weighted by molar-refractivity contribution is 6.18. The summed E-state index contributed by atoms with van der Waals surface area (Å²) in [6.07, 6.45) is -11.2. The van der Waals surface area contributed by atoms with Crippen molar-refractivity contribution in [2.45, 2.75) is 63.8 Å². The summed E-state index contributed by atoms with van der Waals surface area (Å²) in [6.45, 7) is 4.46. The molecule has 1 rings (SSSR count). The van der Waals surface area contributed by atoms with E-state index >= 15 is 0 Å². The third kappa shape index (κ3) is 6.96. The largest absolute Gasteiger partial charge is 0.392 e. The first-order valence-corrected chi connectivity index (χ1v) is 9.73. The van der Waals surface area contributed by atoms with Crippen molar-refractivity contribution >= 4 is 17.6 Å².